The maximum atomic E-state index is 12.4. The molecular weight excluding hydrogens is 366 g/mol. The van der Waals surface area contributed by atoms with Gasteiger partial charge in [0, 0.05) is 31.9 Å². The molecule has 0 radical (unpaired) electrons. The summed E-state index contributed by atoms with van der Waals surface area (Å²) in [6.07, 6.45) is 3.53. The highest BCUT2D eigenvalue weighted by molar-refractivity contribution is 6.31. The number of aromatic nitrogens is 2. The van der Waals surface area contributed by atoms with Crippen LogP contribution in [-0.2, 0) is 14.3 Å². The van der Waals surface area contributed by atoms with E-state index in [0.29, 0.717) is 16.9 Å². The molecule has 2 aromatic heterocycles. The van der Waals surface area contributed by atoms with Gasteiger partial charge in [-0.05, 0) is 18.2 Å². The van der Waals surface area contributed by atoms with Crippen LogP contribution in [0, 0.1) is 0 Å². The third-order valence-corrected chi connectivity index (χ3v) is 4.18. The first-order valence-corrected chi connectivity index (χ1v) is 8.62. The van der Waals surface area contributed by atoms with Crippen molar-refractivity contribution in [3.8, 4) is 0 Å². The number of pyridine rings is 1. The number of benzene rings is 1. The van der Waals surface area contributed by atoms with Crippen molar-refractivity contribution < 1.29 is 14.3 Å². The normalized spacial score (nSPS) is 12.3. The summed E-state index contributed by atoms with van der Waals surface area (Å²) >= 11 is 6.15. The molecule has 3 rings (SSSR count). The van der Waals surface area contributed by atoms with Crippen molar-refractivity contribution in [1.29, 1.82) is 0 Å². The summed E-state index contributed by atoms with van der Waals surface area (Å²) in [4.78, 5) is 30.4. The number of esters is 1. The summed E-state index contributed by atoms with van der Waals surface area (Å²) in [7, 11) is 3.22. The van der Waals surface area contributed by atoms with Gasteiger partial charge in [0.1, 0.15) is 5.65 Å². The number of nitrogens with zero attached hydrogens (tertiary/aromatic N) is 3. The lowest BCUT2D eigenvalue weighted by Gasteiger charge is -2.20. The van der Waals surface area contributed by atoms with Gasteiger partial charge in [0.25, 0.3) is 5.91 Å². The van der Waals surface area contributed by atoms with Gasteiger partial charge in [-0.1, -0.05) is 48.0 Å². The van der Waals surface area contributed by atoms with E-state index in [1.807, 2.05) is 24.3 Å². The van der Waals surface area contributed by atoms with Gasteiger partial charge in [0.2, 0.25) is 6.10 Å². The van der Waals surface area contributed by atoms with Crippen LogP contribution >= 0.6 is 11.6 Å². The molecule has 0 bridgehead atoms. The summed E-state index contributed by atoms with van der Waals surface area (Å²) < 4.78 is 7.18. The van der Waals surface area contributed by atoms with E-state index in [-0.39, 0.29) is 11.1 Å². The largest absolute Gasteiger partial charge is 0.444 e. The lowest BCUT2D eigenvalue weighted by atomic mass is 10.1. The molecule has 0 unspecified atom stereocenters. The number of carbonyl (C=O) groups is 2. The summed E-state index contributed by atoms with van der Waals surface area (Å²) in [5.74, 6) is -0.975. The van der Waals surface area contributed by atoms with E-state index in [4.69, 9.17) is 16.3 Å². The molecule has 1 aromatic carbocycles. The molecule has 0 N–H and O–H groups in total. The van der Waals surface area contributed by atoms with Gasteiger partial charge >= 0.3 is 5.97 Å². The topological polar surface area (TPSA) is 63.9 Å². The summed E-state index contributed by atoms with van der Waals surface area (Å²) in [5, 5.41) is 0.272. The standard InChI is InChI=1S/C20H18ClN3O3/c1-23(2)20(26)18(14-8-4-3-5-9-14)27-17(25)12-11-15-19(21)22-16-10-6-7-13-24(15)16/h3-13,18H,1-2H3/b12-11+/t18-/m1/s1. The fourth-order valence-corrected chi connectivity index (χ4v) is 2.80. The molecule has 7 heteroatoms. The molecule has 0 aliphatic rings. The Morgan fingerprint density at radius 1 is 1.15 bits per heavy atom. The monoisotopic (exact) mass is 383 g/mol. The highest BCUT2D eigenvalue weighted by Gasteiger charge is 2.25. The molecule has 0 spiro atoms. The van der Waals surface area contributed by atoms with Gasteiger partial charge in [0.05, 0.1) is 5.69 Å². The van der Waals surface area contributed by atoms with E-state index < -0.39 is 12.1 Å². The number of carbonyl (C=O) groups excluding carboxylic acids is 2. The van der Waals surface area contributed by atoms with Gasteiger partial charge in [-0.2, -0.15) is 0 Å². The van der Waals surface area contributed by atoms with Gasteiger partial charge in [-0.15, -0.1) is 0 Å². The van der Waals surface area contributed by atoms with Gasteiger partial charge < -0.3 is 9.64 Å². The van der Waals surface area contributed by atoms with Crippen LogP contribution in [0.4, 0.5) is 0 Å². The number of hydrogen-bond donors (Lipinski definition) is 0. The van der Waals surface area contributed by atoms with Gasteiger partial charge in [0.15, 0.2) is 5.15 Å². The predicted molar refractivity (Wildman–Crippen MR) is 103 cm³/mol. The Balaban J connectivity index is 1.82. The van der Waals surface area contributed by atoms with Crippen molar-refractivity contribution in [2.45, 2.75) is 6.10 Å². The zero-order valence-electron chi connectivity index (χ0n) is 14.9. The lowest BCUT2D eigenvalue weighted by molar-refractivity contribution is -0.155. The van der Waals surface area contributed by atoms with Crippen LogP contribution in [0.3, 0.4) is 0 Å². The van der Waals surface area contributed by atoms with Crippen LogP contribution in [0.1, 0.15) is 17.4 Å². The third-order valence-electron chi connectivity index (χ3n) is 3.90. The first-order chi connectivity index (χ1) is 13.0. The molecule has 2 heterocycles. The molecule has 27 heavy (non-hydrogen) atoms. The molecule has 0 aliphatic carbocycles. The SMILES string of the molecule is CN(C)C(=O)[C@H](OC(=O)/C=C/c1c(Cl)nc2ccccn12)c1ccccc1. The average Bonchev–Trinajstić information content (AvgIpc) is 2.99. The van der Waals surface area contributed by atoms with Crippen LogP contribution in [0.5, 0.6) is 0 Å². The molecule has 0 fully saturated rings. The van der Waals surface area contributed by atoms with Crippen molar-refractivity contribution in [3.63, 3.8) is 0 Å². The fraction of sp³-hybridized carbons (Fsp3) is 0.150. The molecule has 1 atom stereocenters. The molecular formula is C20H18ClN3O3. The first-order valence-electron chi connectivity index (χ1n) is 8.25. The lowest BCUT2D eigenvalue weighted by Crippen LogP contribution is -2.30. The first kappa shape index (κ1) is 18.7. The van der Waals surface area contributed by atoms with E-state index in [1.54, 1.807) is 49.0 Å². The quantitative estimate of drug-likeness (QED) is 0.500. The number of likely N-dealkylation sites (N-methyl/N-ethyl adjacent to an activating group) is 1. The zero-order valence-corrected chi connectivity index (χ0v) is 15.6. The number of rotatable bonds is 5. The molecule has 0 saturated carbocycles. The van der Waals surface area contributed by atoms with Crippen molar-refractivity contribution in [2.75, 3.05) is 14.1 Å². The Kier molecular flexibility index (Phi) is 5.57. The predicted octanol–water partition coefficient (Wildman–Crippen LogP) is 3.37. The van der Waals surface area contributed by atoms with Crippen LogP contribution in [0.2, 0.25) is 5.15 Å². The summed E-state index contributed by atoms with van der Waals surface area (Å²) in [6, 6.07) is 14.4. The van der Waals surface area contributed by atoms with Crippen molar-refractivity contribution in [2.24, 2.45) is 0 Å². The fourth-order valence-electron chi connectivity index (χ4n) is 2.56. The molecule has 1 amide bonds. The van der Waals surface area contributed by atoms with Crippen molar-refractivity contribution in [3.05, 3.63) is 77.2 Å². The van der Waals surface area contributed by atoms with Crippen molar-refractivity contribution in [1.82, 2.24) is 14.3 Å². The Morgan fingerprint density at radius 2 is 1.85 bits per heavy atom. The minimum atomic E-state index is -1.02. The van der Waals surface area contributed by atoms with Crippen LogP contribution < -0.4 is 0 Å². The number of fused-ring (bicyclic) bond motifs is 1. The summed E-state index contributed by atoms with van der Waals surface area (Å²) in [5.41, 5.74) is 1.82. The molecule has 0 saturated heterocycles. The highest BCUT2D eigenvalue weighted by atomic mass is 35.5. The van der Waals surface area contributed by atoms with E-state index in [0.717, 1.165) is 0 Å². The molecule has 6 nitrogen and oxygen atoms in total. The zero-order chi connectivity index (χ0) is 19.4. The number of amides is 1. The van der Waals surface area contributed by atoms with Crippen LogP contribution in [-0.4, -0.2) is 40.3 Å². The van der Waals surface area contributed by atoms with Gasteiger partial charge in [-0.3, -0.25) is 9.20 Å². The second-order valence-electron chi connectivity index (χ2n) is 6.01. The van der Waals surface area contributed by atoms with Gasteiger partial charge in [-0.25, -0.2) is 9.78 Å². The van der Waals surface area contributed by atoms with E-state index in [1.165, 1.54) is 17.1 Å². The van der Waals surface area contributed by atoms with E-state index >= 15 is 0 Å². The number of imidazole rings is 1. The van der Waals surface area contributed by atoms with Crippen molar-refractivity contribution >= 4 is 35.2 Å². The number of halogens is 1. The van der Waals surface area contributed by atoms with E-state index in [9.17, 15) is 9.59 Å². The Hall–Kier alpha value is -3.12. The number of hydrogen-bond acceptors (Lipinski definition) is 4. The van der Waals surface area contributed by atoms with E-state index in [2.05, 4.69) is 4.98 Å². The smallest absolute Gasteiger partial charge is 0.331 e. The Labute approximate surface area is 161 Å². The average molecular weight is 384 g/mol. The second-order valence-corrected chi connectivity index (χ2v) is 6.37. The molecule has 138 valence electrons. The summed E-state index contributed by atoms with van der Waals surface area (Å²) in [6.45, 7) is 0. The molecule has 3 aromatic rings. The Bertz CT molecular complexity index is 996. The number of ether oxygens (including phenoxy) is 1. The van der Waals surface area contributed by atoms with Crippen LogP contribution in [0.25, 0.3) is 11.7 Å². The Morgan fingerprint density at radius 3 is 2.56 bits per heavy atom. The third kappa shape index (κ3) is 4.17. The maximum absolute atomic E-state index is 12.4. The maximum Gasteiger partial charge on any atom is 0.331 e. The van der Waals surface area contributed by atoms with Crippen LogP contribution in [0.15, 0.2) is 60.8 Å². The second kappa shape index (κ2) is 8.05. The minimum Gasteiger partial charge on any atom is -0.444 e. The minimum absolute atomic E-state index is 0.272. The molecule has 0 aliphatic heterocycles. The highest BCUT2D eigenvalue weighted by Crippen LogP contribution is 2.21.